The molecule has 1 saturated heterocycles. The minimum absolute atomic E-state index is 0.0503. The number of hydrogen-bond donors (Lipinski definition) is 1. The van der Waals surface area contributed by atoms with Gasteiger partial charge < -0.3 is 10.2 Å². The molecular formula is C22H26FN3O2. The molecule has 0 radical (unpaired) electrons. The predicted octanol–water partition coefficient (Wildman–Crippen LogP) is 3.10. The minimum atomic E-state index is -0.470. The summed E-state index contributed by atoms with van der Waals surface area (Å²) >= 11 is 0. The highest BCUT2D eigenvalue weighted by Gasteiger charge is 2.32. The summed E-state index contributed by atoms with van der Waals surface area (Å²) in [5.41, 5.74) is 1.30. The van der Waals surface area contributed by atoms with Crippen molar-refractivity contribution in [1.82, 2.24) is 15.2 Å². The number of benzene rings is 1. The maximum atomic E-state index is 13.1. The van der Waals surface area contributed by atoms with E-state index < -0.39 is 5.54 Å². The lowest BCUT2D eigenvalue weighted by atomic mass is 9.91. The van der Waals surface area contributed by atoms with E-state index in [9.17, 15) is 14.0 Å². The first-order chi connectivity index (χ1) is 13.3. The maximum absolute atomic E-state index is 13.1. The van der Waals surface area contributed by atoms with Crippen molar-refractivity contribution in [2.75, 3.05) is 6.54 Å². The number of piperidine rings is 1. The average molecular weight is 383 g/mol. The summed E-state index contributed by atoms with van der Waals surface area (Å²) in [4.78, 5) is 31.1. The quantitative estimate of drug-likeness (QED) is 0.834. The van der Waals surface area contributed by atoms with Gasteiger partial charge in [0, 0.05) is 24.7 Å². The Morgan fingerprint density at radius 2 is 2.00 bits per heavy atom. The molecule has 3 rings (SSSR count). The van der Waals surface area contributed by atoms with E-state index in [0.717, 1.165) is 11.3 Å². The van der Waals surface area contributed by atoms with Crippen LogP contribution in [0.3, 0.4) is 0 Å². The van der Waals surface area contributed by atoms with Crippen LogP contribution in [0.5, 0.6) is 0 Å². The van der Waals surface area contributed by atoms with Crippen molar-refractivity contribution in [3.8, 4) is 0 Å². The lowest BCUT2D eigenvalue weighted by Crippen LogP contribution is -2.51. The van der Waals surface area contributed by atoms with Crippen molar-refractivity contribution < 1.29 is 14.0 Å². The summed E-state index contributed by atoms with van der Waals surface area (Å²) in [7, 11) is 0. The zero-order valence-electron chi connectivity index (χ0n) is 16.3. The zero-order valence-corrected chi connectivity index (χ0v) is 16.3. The predicted molar refractivity (Wildman–Crippen MR) is 105 cm³/mol. The van der Waals surface area contributed by atoms with Gasteiger partial charge in [-0.15, -0.1) is 0 Å². The first-order valence-corrected chi connectivity index (χ1v) is 9.56. The van der Waals surface area contributed by atoms with E-state index in [1.54, 1.807) is 23.2 Å². The second kappa shape index (κ2) is 8.50. The van der Waals surface area contributed by atoms with Crippen LogP contribution in [-0.2, 0) is 22.6 Å². The van der Waals surface area contributed by atoms with Gasteiger partial charge in [-0.25, -0.2) is 4.39 Å². The third kappa shape index (κ3) is 5.38. The van der Waals surface area contributed by atoms with Crippen molar-refractivity contribution in [1.29, 1.82) is 0 Å². The normalized spacial score (nSPS) is 17.5. The van der Waals surface area contributed by atoms with Gasteiger partial charge in [0.05, 0.1) is 18.2 Å². The monoisotopic (exact) mass is 383 g/mol. The number of amides is 2. The number of halogens is 1. The summed E-state index contributed by atoms with van der Waals surface area (Å²) in [5.74, 6) is -0.509. The lowest BCUT2D eigenvalue weighted by Gasteiger charge is -2.34. The smallest absolute Gasteiger partial charge is 0.225 e. The minimum Gasteiger partial charge on any atom is -0.351 e. The lowest BCUT2D eigenvalue weighted by molar-refractivity contribution is -0.139. The molecule has 0 saturated carbocycles. The van der Waals surface area contributed by atoms with Crippen molar-refractivity contribution >= 4 is 11.8 Å². The highest BCUT2D eigenvalue weighted by atomic mass is 19.1. The Bertz CT molecular complexity index is 821. The van der Waals surface area contributed by atoms with Crippen LogP contribution < -0.4 is 5.32 Å². The van der Waals surface area contributed by atoms with Gasteiger partial charge >= 0.3 is 0 Å². The topological polar surface area (TPSA) is 62.3 Å². The van der Waals surface area contributed by atoms with Crippen molar-refractivity contribution in [2.45, 2.75) is 45.2 Å². The standard InChI is InChI=1S/C22H26FN3O2/c1-22(2,13-16-6-9-18(23)10-7-16)25-21(28)17-8-11-20(27)26(14-17)15-19-5-3-4-12-24-19/h3-7,9-10,12,17H,8,11,13-15H2,1-2H3,(H,25,28)/t17-/m0/s1. The molecule has 1 N–H and O–H groups in total. The van der Waals surface area contributed by atoms with E-state index in [-0.39, 0.29) is 23.5 Å². The summed E-state index contributed by atoms with van der Waals surface area (Å²) < 4.78 is 13.1. The molecular weight excluding hydrogens is 357 g/mol. The Morgan fingerprint density at radius 1 is 1.25 bits per heavy atom. The van der Waals surface area contributed by atoms with Crippen LogP contribution in [0, 0.1) is 11.7 Å². The van der Waals surface area contributed by atoms with Gasteiger partial charge in [-0.1, -0.05) is 18.2 Å². The van der Waals surface area contributed by atoms with E-state index in [1.165, 1.54) is 12.1 Å². The van der Waals surface area contributed by atoms with Crippen LogP contribution in [-0.4, -0.2) is 33.8 Å². The second-order valence-corrected chi connectivity index (χ2v) is 8.01. The van der Waals surface area contributed by atoms with Crippen molar-refractivity contribution in [3.63, 3.8) is 0 Å². The van der Waals surface area contributed by atoms with Gasteiger partial charge in [0.2, 0.25) is 11.8 Å². The van der Waals surface area contributed by atoms with Gasteiger partial charge in [-0.2, -0.15) is 0 Å². The van der Waals surface area contributed by atoms with Gasteiger partial charge in [0.25, 0.3) is 0 Å². The molecule has 6 heteroatoms. The molecule has 2 amide bonds. The molecule has 2 heterocycles. The number of hydrogen-bond acceptors (Lipinski definition) is 3. The molecule has 28 heavy (non-hydrogen) atoms. The van der Waals surface area contributed by atoms with Crippen molar-refractivity contribution in [2.24, 2.45) is 5.92 Å². The van der Waals surface area contributed by atoms with Crippen LogP contribution in [0.1, 0.15) is 37.9 Å². The Kier molecular flexibility index (Phi) is 6.07. The third-order valence-electron chi connectivity index (χ3n) is 4.97. The molecule has 0 aliphatic carbocycles. The Morgan fingerprint density at radius 3 is 2.68 bits per heavy atom. The Labute approximate surface area is 165 Å². The molecule has 0 bridgehead atoms. The van der Waals surface area contributed by atoms with Crippen LogP contribution in [0.2, 0.25) is 0 Å². The van der Waals surface area contributed by atoms with Gasteiger partial charge in [-0.3, -0.25) is 14.6 Å². The van der Waals surface area contributed by atoms with E-state index in [0.29, 0.717) is 32.4 Å². The van der Waals surface area contributed by atoms with Crippen LogP contribution >= 0.6 is 0 Å². The molecule has 1 atom stereocenters. The van der Waals surface area contributed by atoms with E-state index in [4.69, 9.17) is 0 Å². The number of rotatable bonds is 6. The fraction of sp³-hybridized carbons (Fsp3) is 0.409. The number of carbonyl (C=O) groups excluding carboxylic acids is 2. The molecule has 1 fully saturated rings. The molecule has 5 nitrogen and oxygen atoms in total. The Balaban J connectivity index is 1.59. The number of pyridine rings is 1. The molecule has 1 aromatic carbocycles. The number of aromatic nitrogens is 1. The number of nitrogens with zero attached hydrogens (tertiary/aromatic N) is 2. The molecule has 1 aliphatic heterocycles. The van der Waals surface area contributed by atoms with Gasteiger partial charge in [-0.05, 0) is 56.5 Å². The van der Waals surface area contributed by atoms with E-state index in [2.05, 4.69) is 10.3 Å². The van der Waals surface area contributed by atoms with Crippen LogP contribution in [0.25, 0.3) is 0 Å². The molecule has 1 aromatic heterocycles. The Hall–Kier alpha value is -2.76. The fourth-order valence-electron chi connectivity index (χ4n) is 3.56. The molecule has 0 unspecified atom stereocenters. The first kappa shape index (κ1) is 20.0. The SMILES string of the molecule is CC(C)(Cc1ccc(F)cc1)NC(=O)[C@H]1CCC(=O)N(Cc2ccccn2)C1. The summed E-state index contributed by atoms with van der Waals surface area (Å²) in [6.45, 7) is 4.72. The summed E-state index contributed by atoms with van der Waals surface area (Å²) in [6.07, 6.45) is 3.22. The van der Waals surface area contributed by atoms with Crippen LogP contribution in [0.4, 0.5) is 4.39 Å². The zero-order chi connectivity index (χ0) is 20.1. The largest absolute Gasteiger partial charge is 0.351 e. The maximum Gasteiger partial charge on any atom is 0.225 e. The first-order valence-electron chi connectivity index (χ1n) is 9.56. The third-order valence-corrected chi connectivity index (χ3v) is 4.97. The highest BCUT2D eigenvalue weighted by molar-refractivity contribution is 5.84. The molecule has 148 valence electrons. The van der Waals surface area contributed by atoms with Crippen LogP contribution in [0.15, 0.2) is 48.7 Å². The second-order valence-electron chi connectivity index (χ2n) is 8.01. The number of carbonyl (C=O) groups is 2. The molecule has 1 aliphatic rings. The summed E-state index contributed by atoms with van der Waals surface area (Å²) in [6, 6.07) is 11.9. The molecule has 0 spiro atoms. The average Bonchev–Trinajstić information content (AvgIpc) is 2.65. The number of nitrogens with one attached hydrogen (secondary N) is 1. The molecule has 2 aromatic rings. The highest BCUT2D eigenvalue weighted by Crippen LogP contribution is 2.21. The van der Waals surface area contributed by atoms with E-state index >= 15 is 0 Å². The van der Waals surface area contributed by atoms with Gasteiger partial charge in [0.1, 0.15) is 5.82 Å². The van der Waals surface area contributed by atoms with E-state index in [1.807, 2.05) is 32.0 Å². The van der Waals surface area contributed by atoms with Gasteiger partial charge in [0.15, 0.2) is 0 Å². The van der Waals surface area contributed by atoms with Crippen molar-refractivity contribution in [3.05, 3.63) is 65.7 Å². The number of likely N-dealkylation sites (tertiary alicyclic amines) is 1. The fourth-order valence-corrected chi connectivity index (χ4v) is 3.56. The summed E-state index contributed by atoms with van der Waals surface area (Å²) in [5, 5.41) is 3.10.